The first-order valence-electron chi connectivity index (χ1n) is 7.80. The minimum absolute atomic E-state index is 0. The maximum atomic E-state index is 5.53. The molecule has 0 aliphatic carbocycles. The van der Waals surface area contributed by atoms with E-state index in [1.54, 1.807) is 7.05 Å². The van der Waals surface area contributed by atoms with Gasteiger partial charge in [0.2, 0.25) is 0 Å². The molecule has 0 aromatic rings. The smallest absolute Gasteiger partial charge is 0.191 e. The zero-order valence-corrected chi connectivity index (χ0v) is 16.4. The van der Waals surface area contributed by atoms with E-state index in [-0.39, 0.29) is 24.0 Å². The second kappa shape index (κ2) is 18.0. The Bertz CT molecular complexity index is 239. The summed E-state index contributed by atoms with van der Waals surface area (Å²) < 4.78 is 11.0. The van der Waals surface area contributed by atoms with E-state index in [0.717, 1.165) is 58.3 Å². The largest absolute Gasteiger partial charge is 0.381 e. The van der Waals surface area contributed by atoms with Gasteiger partial charge in [0.05, 0.1) is 6.61 Å². The fourth-order valence-corrected chi connectivity index (χ4v) is 1.51. The van der Waals surface area contributed by atoms with Crippen molar-refractivity contribution in [3.63, 3.8) is 0 Å². The van der Waals surface area contributed by atoms with Crippen LogP contribution >= 0.6 is 24.0 Å². The van der Waals surface area contributed by atoms with E-state index in [9.17, 15) is 0 Å². The van der Waals surface area contributed by atoms with Crippen molar-refractivity contribution in [2.45, 2.75) is 40.0 Å². The number of nitrogens with one attached hydrogen (secondary N) is 2. The first-order chi connectivity index (χ1) is 9.70. The van der Waals surface area contributed by atoms with Crippen molar-refractivity contribution < 1.29 is 9.47 Å². The summed E-state index contributed by atoms with van der Waals surface area (Å²) >= 11 is 0. The van der Waals surface area contributed by atoms with E-state index >= 15 is 0 Å². The van der Waals surface area contributed by atoms with E-state index in [0.29, 0.717) is 5.92 Å². The third-order valence-corrected chi connectivity index (χ3v) is 2.61. The monoisotopic (exact) mass is 415 g/mol. The lowest BCUT2D eigenvalue weighted by atomic mass is 10.2. The Hall–Kier alpha value is -0.0800. The molecule has 0 rings (SSSR count). The Morgan fingerprint density at radius 3 is 2.29 bits per heavy atom. The molecule has 0 spiro atoms. The lowest BCUT2D eigenvalue weighted by Crippen LogP contribution is -2.39. The minimum atomic E-state index is 0. The van der Waals surface area contributed by atoms with Crippen LogP contribution in [-0.4, -0.2) is 52.5 Å². The summed E-state index contributed by atoms with van der Waals surface area (Å²) in [7, 11) is 1.78. The van der Waals surface area contributed by atoms with Crippen LogP contribution in [0.25, 0.3) is 0 Å². The second-order valence-electron chi connectivity index (χ2n) is 5.21. The fourth-order valence-electron chi connectivity index (χ4n) is 1.51. The molecule has 0 aromatic carbocycles. The molecule has 0 saturated heterocycles. The van der Waals surface area contributed by atoms with Gasteiger partial charge in [-0.1, -0.05) is 27.2 Å². The molecule has 0 bridgehead atoms. The number of hydrogen-bond donors (Lipinski definition) is 2. The summed E-state index contributed by atoms with van der Waals surface area (Å²) in [4.78, 5) is 4.17. The van der Waals surface area contributed by atoms with Crippen molar-refractivity contribution in [1.29, 1.82) is 0 Å². The first-order valence-corrected chi connectivity index (χ1v) is 7.80. The van der Waals surface area contributed by atoms with Crippen LogP contribution in [0.15, 0.2) is 4.99 Å². The van der Waals surface area contributed by atoms with Gasteiger partial charge in [-0.3, -0.25) is 4.99 Å². The van der Waals surface area contributed by atoms with Crippen LogP contribution < -0.4 is 10.6 Å². The summed E-state index contributed by atoms with van der Waals surface area (Å²) in [5.41, 5.74) is 0. The highest BCUT2D eigenvalue weighted by Gasteiger charge is 1.97. The van der Waals surface area contributed by atoms with Gasteiger partial charge in [0, 0.05) is 40.0 Å². The molecule has 21 heavy (non-hydrogen) atoms. The van der Waals surface area contributed by atoms with E-state index in [1.165, 1.54) is 6.42 Å². The quantitative estimate of drug-likeness (QED) is 0.223. The predicted octanol–water partition coefficient (Wildman–Crippen LogP) is 2.65. The Kier molecular flexibility index (Phi) is 19.8. The van der Waals surface area contributed by atoms with Gasteiger partial charge in [-0.15, -0.1) is 24.0 Å². The van der Waals surface area contributed by atoms with Gasteiger partial charge in [-0.2, -0.15) is 0 Å². The van der Waals surface area contributed by atoms with Crippen molar-refractivity contribution in [3.8, 4) is 0 Å². The molecule has 0 aliphatic heterocycles. The van der Waals surface area contributed by atoms with Crippen LogP contribution in [0.4, 0.5) is 0 Å². The molecule has 0 amide bonds. The normalized spacial score (nSPS) is 11.4. The number of halogens is 1. The molecule has 2 N–H and O–H groups in total. The Morgan fingerprint density at radius 2 is 1.67 bits per heavy atom. The van der Waals surface area contributed by atoms with Gasteiger partial charge in [-0.05, 0) is 18.8 Å². The number of guanidine groups is 1. The number of aliphatic imine (C=N–C) groups is 1. The third kappa shape index (κ3) is 17.9. The van der Waals surface area contributed by atoms with Gasteiger partial charge < -0.3 is 20.1 Å². The summed E-state index contributed by atoms with van der Waals surface area (Å²) in [6.07, 6.45) is 3.29. The highest BCUT2D eigenvalue weighted by atomic mass is 127. The van der Waals surface area contributed by atoms with Crippen LogP contribution in [0.2, 0.25) is 0 Å². The summed E-state index contributed by atoms with van der Waals surface area (Å²) in [5.74, 6) is 1.43. The predicted molar refractivity (Wildman–Crippen MR) is 101 cm³/mol. The lowest BCUT2D eigenvalue weighted by molar-refractivity contribution is 0.108. The van der Waals surface area contributed by atoms with Crippen molar-refractivity contribution in [2.24, 2.45) is 10.9 Å². The van der Waals surface area contributed by atoms with Crippen LogP contribution in [0.3, 0.4) is 0 Å². The molecule has 6 heteroatoms. The van der Waals surface area contributed by atoms with Gasteiger partial charge in [0.1, 0.15) is 0 Å². The Labute approximate surface area is 147 Å². The summed E-state index contributed by atoms with van der Waals surface area (Å²) in [5, 5.41) is 6.49. The van der Waals surface area contributed by atoms with Crippen LogP contribution in [0.1, 0.15) is 40.0 Å². The SMILES string of the molecule is CCCCOCCNC(=NC)NCCCOCC(C)C.I. The average Bonchev–Trinajstić information content (AvgIpc) is 2.43. The van der Waals surface area contributed by atoms with Crippen molar-refractivity contribution >= 4 is 29.9 Å². The molecule has 0 aliphatic rings. The third-order valence-electron chi connectivity index (χ3n) is 2.61. The zero-order valence-electron chi connectivity index (χ0n) is 14.1. The van der Waals surface area contributed by atoms with Crippen molar-refractivity contribution in [2.75, 3.05) is 46.6 Å². The van der Waals surface area contributed by atoms with Crippen LogP contribution in [0, 0.1) is 5.92 Å². The summed E-state index contributed by atoms with van der Waals surface area (Å²) in [6.45, 7) is 11.3. The lowest BCUT2D eigenvalue weighted by Gasteiger charge is -2.12. The van der Waals surface area contributed by atoms with Crippen molar-refractivity contribution in [1.82, 2.24) is 10.6 Å². The van der Waals surface area contributed by atoms with E-state index in [2.05, 4.69) is 36.4 Å². The van der Waals surface area contributed by atoms with Gasteiger partial charge >= 0.3 is 0 Å². The molecule has 0 fully saturated rings. The average molecular weight is 415 g/mol. The van der Waals surface area contributed by atoms with Gasteiger partial charge in [0.15, 0.2) is 5.96 Å². The number of ether oxygens (including phenoxy) is 2. The Morgan fingerprint density at radius 1 is 1.00 bits per heavy atom. The zero-order chi connectivity index (χ0) is 15.1. The number of nitrogens with zero attached hydrogens (tertiary/aromatic N) is 1. The molecule has 0 saturated carbocycles. The molecule has 0 radical (unpaired) electrons. The standard InChI is InChI=1S/C15H33N3O2.HI/c1-5-6-10-19-12-9-18-15(16-4)17-8-7-11-20-13-14(2)3;/h14H,5-13H2,1-4H3,(H2,16,17,18);1H. The molecule has 0 aromatic heterocycles. The van der Waals surface area contributed by atoms with E-state index < -0.39 is 0 Å². The molecule has 0 heterocycles. The fraction of sp³-hybridized carbons (Fsp3) is 0.933. The van der Waals surface area contributed by atoms with Gasteiger partial charge in [-0.25, -0.2) is 0 Å². The number of hydrogen-bond acceptors (Lipinski definition) is 3. The van der Waals surface area contributed by atoms with Crippen LogP contribution in [-0.2, 0) is 9.47 Å². The van der Waals surface area contributed by atoms with E-state index in [1.807, 2.05) is 0 Å². The maximum absolute atomic E-state index is 5.53. The molecular weight excluding hydrogens is 381 g/mol. The second-order valence-corrected chi connectivity index (χ2v) is 5.21. The molecule has 128 valence electrons. The highest BCUT2D eigenvalue weighted by Crippen LogP contribution is 1.92. The first kappa shape index (κ1) is 23.2. The molecule has 0 atom stereocenters. The van der Waals surface area contributed by atoms with Gasteiger partial charge in [0.25, 0.3) is 0 Å². The minimum Gasteiger partial charge on any atom is -0.381 e. The molecular formula is C15H34IN3O2. The topological polar surface area (TPSA) is 54.9 Å². The number of unbranched alkanes of at least 4 members (excludes halogenated alkanes) is 1. The van der Waals surface area contributed by atoms with Crippen molar-refractivity contribution in [3.05, 3.63) is 0 Å². The highest BCUT2D eigenvalue weighted by molar-refractivity contribution is 14.0. The maximum Gasteiger partial charge on any atom is 0.191 e. The number of rotatable bonds is 12. The molecule has 0 unspecified atom stereocenters. The summed E-state index contributed by atoms with van der Waals surface area (Å²) in [6, 6.07) is 0. The Balaban J connectivity index is 0. The molecule has 5 nitrogen and oxygen atoms in total. The van der Waals surface area contributed by atoms with E-state index in [4.69, 9.17) is 9.47 Å². The van der Waals surface area contributed by atoms with Crippen LogP contribution in [0.5, 0.6) is 0 Å².